The highest BCUT2D eigenvalue weighted by atomic mass is 32.2. The maximum atomic E-state index is 14.2. The van der Waals surface area contributed by atoms with E-state index in [0.29, 0.717) is 37.9 Å². The molecule has 1 aromatic carbocycles. The van der Waals surface area contributed by atoms with Crippen molar-refractivity contribution in [3.63, 3.8) is 0 Å². The molecule has 15 heteroatoms. The number of anilines is 1. The van der Waals surface area contributed by atoms with Crippen LogP contribution in [0.5, 0.6) is 0 Å². The second-order valence-corrected chi connectivity index (χ2v) is 12.9. The number of hydrogen-bond acceptors (Lipinski definition) is 8. The fourth-order valence-corrected chi connectivity index (χ4v) is 7.35. The number of carbonyl (C=O) groups excluding carboxylic acids is 1. The normalized spacial score (nSPS) is 17.8. The van der Waals surface area contributed by atoms with Crippen LogP contribution >= 0.6 is 0 Å². The number of pyridine rings is 1. The standard InChI is InChI=1S/C29H32F3N7O4S/c1-36-20-34-15-25(36)18-38-17-24(13-23-12-22(14-33)5-6-26(23)38)39(44(41,42)27-4-2-3-9-35-27)16-21-7-10-37(11-8-21)28(40)43-19-29(30,31)32/h2-6,9,12,15,20-21,24H,7-8,10-11,13,16-19H2,1H3. The molecule has 0 aliphatic carbocycles. The van der Waals surface area contributed by atoms with Gasteiger partial charge in [-0.1, -0.05) is 6.07 Å². The van der Waals surface area contributed by atoms with Crippen molar-refractivity contribution in [3.8, 4) is 6.07 Å². The van der Waals surface area contributed by atoms with E-state index < -0.39 is 34.9 Å². The first-order chi connectivity index (χ1) is 20.9. The first-order valence-corrected chi connectivity index (χ1v) is 15.5. The van der Waals surface area contributed by atoms with Crippen molar-refractivity contribution >= 4 is 21.8 Å². The van der Waals surface area contributed by atoms with E-state index >= 15 is 0 Å². The fraction of sp³-hybridized carbons (Fsp3) is 0.448. The number of sulfonamides is 1. The minimum Gasteiger partial charge on any atom is -0.440 e. The van der Waals surface area contributed by atoms with Crippen molar-refractivity contribution < 1.29 is 31.1 Å². The third kappa shape index (κ3) is 7.13. The van der Waals surface area contributed by atoms with Crippen molar-refractivity contribution in [2.24, 2.45) is 13.0 Å². The molecule has 1 unspecified atom stereocenters. The number of amides is 1. The number of fused-ring (bicyclic) bond motifs is 1. The molecule has 44 heavy (non-hydrogen) atoms. The lowest BCUT2D eigenvalue weighted by atomic mass is 9.93. The number of alkyl halides is 3. The first kappa shape index (κ1) is 31.3. The summed E-state index contributed by atoms with van der Waals surface area (Å²) < 4.78 is 73.6. The Bertz CT molecular complexity index is 1620. The van der Waals surface area contributed by atoms with Crippen LogP contribution in [-0.4, -0.2) is 83.3 Å². The smallest absolute Gasteiger partial charge is 0.422 e. The van der Waals surface area contributed by atoms with E-state index in [1.165, 1.54) is 21.5 Å². The zero-order valence-corrected chi connectivity index (χ0v) is 24.8. The highest BCUT2D eigenvalue weighted by Gasteiger charge is 2.39. The molecule has 0 N–H and O–H groups in total. The molecule has 0 spiro atoms. The van der Waals surface area contributed by atoms with E-state index in [-0.39, 0.29) is 30.6 Å². The summed E-state index contributed by atoms with van der Waals surface area (Å²) in [6, 6.07) is 11.7. The van der Waals surface area contributed by atoms with Crippen molar-refractivity contribution in [2.45, 2.75) is 43.1 Å². The van der Waals surface area contributed by atoms with Crippen LogP contribution in [0.2, 0.25) is 0 Å². The molecule has 2 aliphatic rings. The Morgan fingerprint density at radius 3 is 2.61 bits per heavy atom. The monoisotopic (exact) mass is 631 g/mol. The molecule has 1 saturated heterocycles. The molecule has 2 aliphatic heterocycles. The van der Waals surface area contributed by atoms with E-state index in [1.54, 1.807) is 36.8 Å². The lowest BCUT2D eigenvalue weighted by Gasteiger charge is -2.42. The summed E-state index contributed by atoms with van der Waals surface area (Å²) in [5.74, 6) is -0.169. The second kappa shape index (κ2) is 12.8. The van der Waals surface area contributed by atoms with Crippen LogP contribution < -0.4 is 4.90 Å². The maximum Gasteiger partial charge on any atom is 0.422 e. The Labute approximate surface area is 253 Å². The lowest BCUT2D eigenvalue weighted by molar-refractivity contribution is -0.162. The number of ether oxygens (including phenoxy) is 1. The molecule has 0 saturated carbocycles. The largest absolute Gasteiger partial charge is 0.440 e. The molecule has 1 amide bonds. The molecule has 1 atom stereocenters. The van der Waals surface area contributed by atoms with E-state index in [0.717, 1.165) is 16.9 Å². The van der Waals surface area contributed by atoms with Gasteiger partial charge in [0.2, 0.25) is 0 Å². The number of halogens is 3. The Morgan fingerprint density at radius 1 is 1.20 bits per heavy atom. The van der Waals surface area contributed by atoms with Gasteiger partial charge >= 0.3 is 12.3 Å². The number of rotatable bonds is 8. The Balaban J connectivity index is 1.41. The van der Waals surface area contributed by atoms with E-state index in [4.69, 9.17) is 0 Å². The average Bonchev–Trinajstić information content (AvgIpc) is 3.42. The van der Waals surface area contributed by atoms with Crippen LogP contribution in [0.1, 0.15) is 29.7 Å². The molecule has 3 aromatic rings. The molecule has 11 nitrogen and oxygen atoms in total. The third-order valence-electron chi connectivity index (χ3n) is 7.99. The summed E-state index contributed by atoms with van der Waals surface area (Å²) in [4.78, 5) is 23.8. The zero-order chi connectivity index (χ0) is 31.5. The van der Waals surface area contributed by atoms with Gasteiger partial charge in [0.1, 0.15) is 0 Å². The van der Waals surface area contributed by atoms with E-state index in [2.05, 4.69) is 25.7 Å². The summed E-state index contributed by atoms with van der Waals surface area (Å²) in [6.07, 6.45) is 0.336. The first-order valence-electron chi connectivity index (χ1n) is 14.1. The average molecular weight is 632 g/mol. The third-order valence-corrected chi connectivity index (χ3v) is 9.83. The number of benzene rings is 1. The molecule has 1 fully saturated rings. The molecule has 2 aromatic heterocycles. The molecule has 234 valence electrons. The van der Waals surface area contributed by atoms with Gasteiger partial charge in [-0.15, -0.1) is 0 Å². The van der Waals surface area contributed by atoms with Crippen molar-refractivity contribution in [1.29, 1.82) is 5.26 Å². The van der Waals surface area contributed by atoms with Gasteiger partial charge in [0.05, 0.1) is 30.2 Å². The summed E-state index contributed by atoms with van der Waals surface area (Å²) in [7, 11) is -2.20. The summed E-state index contributed by atoms with van der Waals surface area (Å²) in [5, 5.41) is 9.48. The van der Waals surface area contributed by atoms with Crippen molar-refractivity contribution in [3.05, 3.63) is 71.9 Å². The van der Waals surface area contributed by atoms with Crippen molar-refractivity contribution in [1.82, 2.24) is 23.7 Å². The molecule has 5 rings (SSSR count). The minimum atomic E-state index is -4.62. The van der Waals surface area contributed by atoms with Crippen LogP contribution in [-0.2, 0) is 34.8 Å². The van der Waals surface area contributed by atoms with Gasteiger partial charge in [-0.05, 0) is 61.1 Å². The molecular weight excluding hydrogens is 599 g/mol. The van der Waals surface area contributed by atoms with Gasteiger partial charge in [0.15, 0.2) is 11.6 Å². The maximum absolute atomic E-state index is 14.2. The van der Waals surface area contributed by atoms with Crippen molar-refractivity contribution in [2.75, 3.05) is 37.7 Å². The predicted octanol–water partition coefficient (Wildman–Crippen LogP) is 3.72. The topological polar surface area (TPSA) is 125 Å². The zero-order valence-electron chi connectivity index (χ0n) is 24.0. The Hall–Kier alpha value is -4.16. The second-order valence-electron chi connectivity index (χ2n) is 11.0. The Morgan fingerprint density at radius 2 is 1.98 bits per heavy atom. The van der Waals surface area contributed by atoms with Crippen LogP contribution in [0.3, 0.4) is 0 Å². The number of aromatic nitrogens is 3. The number of likely N-dealkylation sites (tertiary alicyclic amines) is 1. The van der Waals surface area contributed by atoms with Gasteiger partial charge in [-0.3, -0.25) is 0 Å². The SMILES string of the molecule is Cn1cncc1CN1CC(N(CC2CCN(C(=O)OCC(F)(F)F)CC2)S(=O)(=O)c2ccccn2)Cc2cc(C#N)ccc21. The van der Waals surface area contributed by atoms with E-state index in [1.807, 2.05) is 17.7 Å². The minimum absolute atomic E-state index is 0.0945. The number of hydrogen-bond donors (Lipinski definition) is 0. The number of imidazole rings is 1. The molecular formula is C29H32F3N7O4S. The van der Waals surface area contributed by atoms with Crippen LogP contribution in [0.15, 0.2) is 60.1 Å². The van der Waals surface area contributed by atoms with Gasteiger partial charge in [-0.25, -0.2) is 23.2 Å². The number of aryl methyl sites for hydroxylation is 1. The highest BCUT2D eigenvalue weighted by molar-refractivity contribution is 7.89. The lowest BCUT2D eigenvalue weighted by Crippen LogP contribution is -2.53. The quantitative estimate of drug-likeness (QED) is 0.369. The molecule has 0 bridgehead atoms. The Kier molecular flexibility index (Phi) is 9.12. The number of nitriles is 1. The van der Waals surface area contributed by atoms with Crippen LogP contribution in [0.25, 0.3) is 0 Å². The van der Waals surface area contributed by atoms with Gasteiger partial charge in [0, 0.05) is 57.3 Å². The molecule has 4 heterocycles. The highest BCUT2D eigenvalue weighted by Crippen LogP contribution is 2.34. The van der Waals surface area contributed by atoms with Gasteiger partial charge < -0.3 is 19.1 Å². The summed E-state index contributed by atoms with van der Waals surface area (Å²) in [6.45, 7) is -0.425. The van der Waals surface area contributed by atoms with Gasteiger partial charge in [-0.2, -0.15) is 22.7 Å². The number of nitrogens with zero attached hydrogens (tertiary/aromatic N) is 7. The fourth-order valence-electron chi connectivity index (χ4n) is 5.72. The number of carbonyl (C=O) groups is 1. The van der Waals surface area contributed by atoms with E-state index in [9.17, 15) is 31.6 Å². The molecule has 0 radical (unpaired) electrons. The number of piperidine rings is 1. The van der Waals surface area contributed by atoms with Crippen LogP contribution in [0, 0.1) is 17.2 Å². The summed E-state index contributed by atoms with van der Waals surface area (Å²) >= 11 is 0. The van der Waals surface area contributed by atoms with Crippen LogP contribution in [0.4, 0.5) is 23.7 Å². The predicted molar refractivity (Wildman–Crippen MR) is 153 cm³/mol. The summed E-state index contributed by atoms with van der Waals surface area (Å²) in [5.41, 5.74) is 3.13. The van der Waals surface area contributed by atoms with Gasteiger partial charge in [0.25, 0.3) is 10.0 Å².